The molecule has 1 saturated carbocycles. The van der Waals surface area contributed by atoms with Crippen molar-refractivity contribution in [3.05, 3.63) is 24.0 Å². The number of piperidine rings is 1. The Kier molecular flexibility index (Phi) is 4.10. The van der Waals surface area contributed by atoms with Crippen LogP contribution in [0.4, 0.5) is 0 Å². The van der Waals surface area contributed by atoms with E-state index in [-0.39, 0.29) is 23.2 Å². The minimum atomic E-state index is -0.142. The van der Waals surface area contributed by atoms with Gasteiger partial charge < -0.3 is 15.7 Å². The number of aromatic nitrogens is 1. The number of aromatic hydroxyl groups is 1. The van der Waals surface area contributed by atoms with Gasteiger partial charge in [-0.3, -0.25) is 9.78 Å². The van der Waals surface area contributed by atoms with E-state index in [0.717, 1.165) is 19.4 Å². The molecular weight excluding hydrogens is 266 g/mol. The average molecular weight is 289 g/mol. The van der Waals surface area contributed by atoms with Gasteiger partial charge in [-0.2, -0.15) is 0 Å². The highest BCUT2D eigenvalue weighted by Crippen LogP contribution is 2.34. The Labute approximate surface area is 125 Å². The summed E-state index contributed by atoms with van der Waals surface area (Å²) < 4.78 is 0. The van der Waals surface area contributed by atoms with Crippen LogP contribution >= 0.6 is 0 Å². The predicted octanol–water partition coefficient (Wildman–Crippen LogP) is 1.97. The smallest absolute Gasteiger partial charge is 0.253 e. The molecule has 0 aromatic carbocycles. The van der Waals surface area contributed by atoms with Gasteiger partial charge in [0.2, 0.25) is 0 Å². The molecule has 1 amide bonds. The Morgan fingerprint density at radius 1 is 1.33 bits per heavy atom. The molecule has 1 aromatic rings. The van der Waals surface area contributed by atoms with Crippen LogP contribution in [0.3, 0.4) is 0 Å². The van der Waals surface area contributed by atoms with Crippen LogP contribution in [-0.2, 0) is 0 Å². The number of carbonyl (C=O) groups excluding carboxylic acids is 1. The molecule has 114 valence electrons. The summed E-state index contributed by atoms with van der Waals surface area (Å²) in [5, 5.41) is 16.2. The predicted molar refractivity (Wildman–Crippen MR) is 80.2 cm³/mol. The monoisotopic (exact) mass is 289 g/mol. The highest BCUT2D eigenvalue weighted by atomic mass is 16.3. The molecule has 5 heteroatoms. The Morgan fingerprint density at radius 3 is 2.90 bits per heavy atom. The Balaban J connectivity index is 1.63. The molecule has 2 fully saturated rings. The second kappa shape index (κ2) is 6.02. The fraction of sp³-hybridized carbons (Fsp3) is 0.625. The second-order valence-corrected chi connectivity index (χ2v) is 6.36. The molecule has 2 aliphatic rings. The van der Waals surface area contributed by atoms with Gasteiger partial charge in [-0.1, -0.05) is 19.3 Å². The van der Waals surface area contributed by atoms with E-state index >= 15 is 0 Å². The lowest BCUT2D eigenvalue weighted by Gasteiger charge is -2.44. The first kappa shape index (κ1) is 14.3. The fourth-order valence-corrected chi connectivity index (χ4v) is 3.71. The van der Waals surface area contributed by atoms with Gasteiger partial charge in [0.05, 0.1) is 11.8 Å². The van der Waals surface area contributed by atoms with Gasteiger partial charge in [0.25, 0.3) is 5.91 Å². The van der Waals surface area contributed by atoms with Crippen molar-refractivity contribution in [2.24, 2.45) is 0 Å². The van der Waals surface area contributed by atoms with Gasteiger partial charge in [0.1, 0.15) is 5.75 Å². The Morgan fingerprint density at radius 2 is 2.14 bits per heavy atom. The number of hydrogen-bond donors (Lipinski definition) is 3. The maximum Gasteiger partial charge on any atom is 0.253 e. The number of hydrogen-bond acceptors (Lipinski definition) is 4. The zero-order valence-corrected chi connectivity index (χ0v) is 12.3. The Bertz CT molecular complexity index is 506. The van der Waals surface area contributed by atoms with E-state index in [1.165, 1.54) is 50.6 Å². The molecule has 0 bridgehead atoms. The summed E-state index contributed by atoms with van der Waals surface area (Å²) >= 11 is 0. The molecule has 2 heterocycles. The topological polar surface area (TPSA) is 74.2 Å². The molecule has 0 radical (unpaired) electrons. The number of nitrogens with zero attached hydrogens (tertiary/aromatic N) is 1. The molecule has 5 nitrogen and oxygen atoms in total. The van der Waals surface area contributed by atoms with Gasteiger partial charge in [0, 0.05) is 17.8 Å². The lowest BCUT2D eigenvalue weighted by atomic mass is 9.75. The van der Waals surface area contributed by atoms with Crippen molar-refractivity contribution in [1.29, 1.82) is 0 Å². The van der Waals surface area contributed by atoms with E-state index in [2.05, 4.69) is 15.6 Å². The lowest BCUT2D eigenvalue weighted by Crippen LogP contribution is -2.57. The van der Waals surface area contributed by atoms with Crippen LogP contribution in [0, 0.1) is 0 Å². The lowest BCUT2D eigenvalue weighted by molar-refractivity contribution is 0.0892. The maximum absolute atomic E-state index is 12.3. The van der Waals surface area contributed by atoms with Gasteiger partial charge in [-0.15, -0.1) is 0 Å². The molecule has 3 rings (SSSR count). The van der Waals surface area contributed by atoms with Gasteiger partial charge in [0.15, 0.2) is 0 Å². The van der Waals surface area contributed by atoms with E-state index < -0.39 is 0 Å². The fourth-order valence-electron chi connectivity index (χ4n) is 3.71. The van der Waals surface area contributed by atoms with Crippen LogP contribution < -0.4 is 10.6 Å². The van der Waals surface area contributed by atoms with Crippen LogP contribution in [0.25, 0.3) is 0 Å². The van der Waals surface area contributed by atoms with Crippen molar-refractivity contribution in [3.8, 4) is 5.75 Å². The summed E-state index contributed by atoms with van der Waals surface area (Å²) in [7, 11) is 0. The molecular formula is C16H23N3O2. The molecule has 1 spiro atoms. The van der Waals surface area contributed by atoms with Crippen LogP contribution in [0.2, 0.25) is 0 Å². The standard InChI is InChI=1S/C16H23N3O2/c20-14-8-12(10-17-11-14)15(21)19-13-4-7-18-16(9-13)5-2-1-3-6-16/h8,10-11,13,18,20H,1-7,9H2,(H,19,21). The molecule has 1 saturated heterocycles. The normalized spacial score (nSPS) is 24.7. The van der Waals surface area contributed by atoms with Crippen molar-refractivity contribution in [3.63, 3.8) is 0 Å². The third-order valence-electron chi connectivity index (χ3n) is 4.76. The average Bonchev–Trinajstić information content (AvgIpc) is 2.48. The van der Waals surface area contributed by atoms with Crippen LogP contribution in [-0.4, -0.2) is 34.1 Å². The van der Waals surface area contributed by atoms with Crippen molar-refractivity contribution in [2.45, 2.75) is 56.5 Å². The van der Waals surface area contributed by atoms with Gasteiger partial charge in [-0.05, 0) is 38.3 Å². The number of pyridine rings is 1. The molecule has 1 unspecified atom stereocenters. The molecule has 1 aromatic heterocycles. The summed E-state index contributed by atoms with van der Waals surface area (Å²) in [4.78, 5) is 16.1. The van der Waals surface area contributed by atoms with Crippen molar-refractivity contribution >= 4 is 5.91 Å². The molecule has 1 aliphatic carbocycles. The van der Waals surface area contributed by atoms with E-state index in [0.29, 0.717) is 5.56 Å². The minimum Gasteiger partial charge on any atom is -0.506 e. The number of amides is 1. The first-order chi connectivity index (χ1) is 10.2. The quantitative estimate of drug-likeness (QED) is 0.778. The van der Waals surface area contributed by atoms with E-state index in [9.17, 15) is 9.90 Å². The first-order valence-corrected chi connectivity index (χ1v) is 7.87. The number of carbonyl (C=O) groups is 1. The SMILES string of the molecule is O=C(NC1CCNC2(CCCCC2)C1)c1cncc(O)c1. The maximum atomic E-state index is 12.3. The molecule has 3 N–H and O–H groups in total. The van der Waals surface area contributed by atoms with Crippen molar-refractivity contribution < 1.29 is 9.90 Å². The third-order valence-corrected chi connectivity index (χ3v) is 4.76. The largest absolute Gasteiger partial charge is 0.506 e. The van der Waals surface area contributed by atoms with Crippen molar-refractivity contribution in [2.75, 3.05) is 6.54 Å². The summed E-state index contributed by atoms with van der Waals surface area (Å²) in [6.45, 7) is 0.962. The zero-order chi connectivity index (χ0) is 14.7. The molecule has 1 atom stereocenters. The van der Waals surface area contributed by atoms with Crippen LogP contribution in [0.1, 0.15) is 55.3 Å². The first-order valence-electron chi connectivity index (χ1n) is 7.87. The number of nitrogens with one attached hydrogen (secondary N) is 2. The summed E-state index contributed by atoms with van der Waals surface area (Å²) in [6.07, 6.45) is 11.1. The Hall–Kier alpha value is -1.62. The van der Waals surface area contributed by atoms with Gasteiger partial charge in [-0.25, -0.2) is 0 Å². The second-order valence-electron chi connectivity index (χ2n) is 6.36. The summed E-state index contributed by atoms with van der Waals surface area (Å²) in [5.41, 5.74) is 0.650. The zero-order valence-electron chi connectivity index (χ0n) is 12.3. The van der Waals surface area contributed by atoms with Crippen LogP contribution in [0.15, 0.2) is 18.5 Å². The molecule has 21 heavy (non-hydrogen) atoms. The molecule has 1 aliphatic heterocycles. The van der Waals surface area contributed by atoms with E-state index in [1.54, 1.807) is 0 Å². The minimum absolute atomic E-state index is 0.0247. The summed E-state index contributed by atoms with van der Waals surface area (Å²) in [6, 6.07) is 1.67. The number of rotatable bonds is 2. The summed E-state index contributed by atoms with van der Waals surface area (Å²) in [5.74, 6) is -0.118. The van der Waals surface area contributed by atoms with E-state index in [1.807, 2.05) is 0 Å². The van der Waals surface area contributed by atoms with Crippen molar-refractivity contribution in [1.82, 2.24) is 15.6 Å². The van der Waals surface area contributed by atoms with Gasteiger partial charge >= 0.3 is 0 Å². The highest BCUT2D eigenvalue weighted by Gasteiger charge is 2.37. The van der Waals surface area contributed by atoms with E-state index in [4.69, 9.17) is 0 Å². The highest BCUT2D eigenvalue weighted by molar-refractivity contribution is 5.94. The third kappa shape index (κ3) is 3.35. The van der Waals surface area contributed by atoms with Crippen LogP contribution in [0.5, 0.6) is 5.75 Å².